The number of carbonyl (C=O) groups is 3. The third-order valence-corrected chi connectivity index (χ3v) is 9.62. The molecule has 3 aliphatic heterocycles. The topological polar surface area (TPSA) is 121 Å². The number of ether oxygens (including phenoxy) is 1. The molecule has 6 rings (SSSR count). The Balaban J connectivity index is 1.39. The zero-order chi connectivity index (χ0) is 31.8. The van der Waals surface area contributed by atoms with Gasteiger partial charge in [0.05, 0.1) is 23.0 Å². The Hall–Kier alpha value is -4.35. The first-order valence-electron chi connectivity index (χ1n) is 15.6. The van der Waals surface area contributed by atoms with Crippen LogP contribution in [-0.4, -0.2) is 91.1 Å². The van der Waals surface area contributed by atoms with Crippen molar-refractivity contribution >= 4 is 34.4 Å². The number of nitrogens with zero attached hydrogens (tertiary/aromatic N) is 6. The Morgan fingerprint density at radius 3 is 2.51 bits per heavy atom. The van der Waals surface area contributed by atoms with E-state index in [2.05, 4.69) is 23.5 Å². The van der Waals surface area contributed by atoms with Crippen LogP contribution in [0, 0.1) is 11.8 Å². The largest absolute Gasteiger partial charge is 0.396 e. The summed E-state index contributed by atoms with van der Waals surface area (Å²) < 4.78 is 8.51. The van der Waals surface area contributed by atoms with Crippen LogP contribution in [-0.2, 0) is 25.8 Å². The lowest BCUT2D eigenvalue weighted by Gasteiger charge is -2.37. The van der Waals surface area contributed by atoms with Crippen molar-refractivity contribution < 1.29 is 24.2 Å². The minimum atomic E-state index is -1.18. The van der Waals surface area contributed by atoms with Crippen molar-refractivity contribution in [3.05, 3.63) is 79.9 Å². The molecule has 3 saturated heterocycles. The van der Waals surface area contributed by atoms with Gasteiger partial charge in [0.25, 0.3) is 0 Å². The van der Waals surface area contributed by atoms with Crippen molar-refractivity contribution in [2.75, 3.05) is 31.1 Å². The number of hydrogen-bond donors (Lipinski definition) is 1. The highest BCUT2D eigenvalue weighted by Gasteiger charge is 2.78. The number of amides is 3. The fraction of sp³-hybridized carbons (Fsp3) is 0.441. The lowest BCUT2D eigenvalue weighted by molar-refractivity contribution is -0.152. The van der Waals surface area contributed by atoms with Crippen LogP contribution in [0.3, 0.4) is 0 Å². The second kappa shape index (κ2) is 12.2. The number of benzene rings is 2. The van der Waals surface area contributed by atoms with Gasteiger partial charge in [0.2, 0.25) is 17.7 Å². The van der Waals surface area contributed by atoms with Gasteiger partial charge in [-0.15, -0.1) is 18.3 Å². The van der Waals surface area contributed by atoms with Crippen LogP contribution < -0.4 is 4.90 Å². The van der Waals surface area contributed by atoms with Crippen molar-refractivity contribution in [1.29, 1.82) is 0 Å². The number of fused-ring (bicyclic) bond motifs is 2. The van der Waals surface area contributed by atoms with Crippen LogP contribution in [0.1, 0.15) is 32.6 Å². The summed E-state index contributed by atoms with van der Waals surface area (Å²) in [6.45, 7) is 10.5. The Bertz CT molecular complexity index is 1610. The van der Waals surface area contributed by atoms with Crippen LogP contribution in [0.2, 0.25) is 0 Å². The molecule has 0 aliphatic carbocycles. The lowest BCUT2D eigenvalue weighted by Crippen LogP contribution is -2.56. The van der Waals surface area contributed by atoms with Crippen LogP contribution in [0.4, 0.5) is 5.69 Å². The van der Waals surface area contributed by atoms with Gasteiger partial charge in [-0.25, -0.2) is 4.68 Å². The summed E-state index contributed by atoms with van der Waals surface area (Å²) in [6.07, 6.45) is 5.30. The molecule has 3 aliphatic rings. The van der Waals surface area contributed by atoms with Crippen molar-refractivity contribution in [3.8, 4) is 0 Å². The third-order valence-electron chi connectivity index (χ3n) is 9.62. The van der Waals surface area contributed by atoms with E-state index in [9.17, 15) is 19.5 Å². The maximum atomic E-state index is 14.7. The molecule has 0 radical (unpaired) electrons. The summed E-state index contributed by atoms with van der Waals surface area (Å²) in [5.74, 6) is -2.39. The van der Waals surface area contributed by atoms with E-state index in [0.717, 1.165) is 5.52 Å². The van der Waals surface area contributed by atoms with Crippen molar-refractivity contribution in [1.82, 2.24) is 24.8 Å². The first-order valence-corrected chi connectivity index (χ1v) is 15.6. The van der Waals surface area contributed by atoms with Gasteiger partial charge >= 0.3 is 0 Å². The molecule has 1 aromatic heterocycles. The molecule has 11 heteroatoms. The molecule has 0 saturated carbocycles. The summed E-state index contributed by atoms with van der Waals surface area (Å²) in [4.78, 5) is 48.6. The summed E-state index contributed by atoms with van der Waals surface area (Å²) in [5, 5.41) is 18.0. The highest BCUT2D eigenvalue weighted by molar-refractivity contribution is 6.03. The van der Waals surface area contributed by atoms with E-state index in [4.69, 9.17) is 4.74 Å². The molecule has 1 spiro atoms. The lowest BCUT2D eigenvalue weighted by atomic mass is 9.66. The van der Waals surface area contributed by atoms with E-state index in [-0.39, 0.29) is 50.6 Å². The second-order valence-electron chi connectivity index (χ2n) is 12.3. The molecule has 2 aromatic carbocycles. The van der Waals surface area contributed by atoms with Gasteiger partial charge in [-0.2, -0.15) is 0 Å². The van der Waals surface area contributed by atoms with Gasteiger partial charge in [-0.05, 0) is 56.9 Å². The number of aliphatic hydroxyl groups is 1. The molecule has 1 N–H and O–H groups in total. The average Bonchev–Trinajstić information content (AvgIpc) is 3.75. The van der Waals surface area contributed by atoms with E-state index >= 15 is 0 Å². The number of aromatic nitrogens is 3. The normalized spacial score (nSPS) is 26.7. The maximum absolute atomic E-state index is 14.7. The molecule has 45 heavy (non-hydrogen) atoms. The molecule has 5 atom stereocenters. The van der Waals surface area contributed by atoms with E-state index in [1.54, 1.807) is 31.5 Å². The van der Waals surface area contributed by atoms with Gasteiger partial charge in [-0.3, -0.25) is 14.4 Å². The highest BCUT2D eigenvalue weighted by atomic mass is 16.5. The van der Waals surface area contributed by atoms with E-state index in [1.807, 2.05) is 61.5 Å². The first-order chi connectivity index (χ1) is 21.8. The fourth-order valence-electron chi connectivity index (χ4n) is 7.67. The predicted molar refractivity (Wildman–Crippen MR) is 169 cm³/mol. The minimum Gasteiger partial charge on any atom is -0.396 e. The number of carbonyl (C=O) groups excluding carboxylic acids is 3. The first kappa shape index (κ1) is 30.7. The van der Waals surface area contributed by atoms with Crippen LogP contribution in [0.25, 0.3) is 11.0 Å². The van der Waals surface area contributed by atoms with Crippen LogP contribution >= 0.6 is 0 Å². The molecule has 3 amide bonds. The predicted octanol–water partition coefficient (Wildman–Crippen LogP) is 3.16. The number of hydrogen-bond acceptors (Lipinski definition) is 7. The van der Waals surface area contributed by atoms with Crippen LogP contribution in [0.15, 0.2) is 79.9 Å². The number of para-hydroxylation sites is 2. The Labute approximate surface area is 262 Å². The van der Waals surface area contributed by atoms with Crippen molar-refractivity contribution in [2.24, 2.45) is 11.8 Å². The van der Waals surface area contributed by atoms with Gasteiger partial charge in [-0.1, -0.05) is 47.7 Å². The minimum absolute atomic E-state index is 0.0273. The Morgan fingerprint density at radius 1 is 1.04 bits per heavy atom. The standard InChI is InChI=1S/C34H40N6O5/c1-4-19-37(23-40-26-16-10-9-15-25(26)35-36-40)32(44)29-34-18-17-33(3,45-34)27(28(34)31(43)39(29)21-11-12-22-41)30(42)38(20-5-2)24-13-7-6-8-14-24/h4-10,13-16,27-29,41H,1-2,11-12,17-23H2,3H3/t27-,28-,29?,33+,34?/m0/s1. The molecule has 2 bridgehead atoms. The van der Waals surface area contributed by atoms with Gasteiger partial charge < -0.3 is 24.5 Å². The highest BCUT2D eigenvalue weighted by Crippen LogP contribution is 2.63. The zero-order valence-corrected chi connectivity index (χ0v) is 25.6. The monoisotopic (exact) mass is 612 g/mol. The Morgan fingerprint density at radius 2 is 1.78 bits per heavy atom. The quantitative estimate of drug-likeness (QED) is 0.233. The smallest absolute Gasteiger partial charge is 0.250 e. The number of anilines is 1. The summed E-state index contributed by atoms with van der Waals surface area (Å²) >= 11 is 0. The molecule has 2 unspecified atom stereocenters. The number of unbranched alkanes of at least 4 members (excludes halogenated alkanes) is 1. The third kappa shape index (κ3) is 5.04. The molecule has 3 fully saturated rings. The van der Waals surface area contributed by atoms with Crippen LogP contribution in [0.5, 0.6) is 0 Å². The van der Waals surface area contributed by atoms with E-state index in [1.165, 1.54) is 0 Å². The molecule has 236 valence electrons. The molecule has 11 nitrogen and oxygen atoms in total. The van der Waals surface area contributed by atoms with Gasteiger partial charge in [0.1, 0.15) is 23.8 Å². The summed E-state index contributed by atoms with van der Waals surface area (Å²) in [7, 11) is 0. The van der Waals surface area contributed by atoms with E-state index < -0.39 is 29.1 Å². The Kier molecular flexibility index (Phi) is 8.32. The SMILES string of the molecule is C=CCN(Cn1nnc2ccccc21)C(=O)C1N(CCCCO)C(=O)[C@@H]2[C@@H](C(=O)N(CC=C)c3ccccc3)[C@@]3(C)CCC12O3. The second-order valence-corrected chi connectivity index (χ2v) is 12.3. The van der Waals surface area contributed by atoms with E-state index in [0.29, 0.717) is 36.9 Å². The summed E-state index contributed by atoms with van der Waals surface area (Å²) in [6, 6.07) is 15.9. The van der Waals surface area contributed by atoms with Crippen molar-refractivity contribution in [2.45, 2.75) is 56.5 Å². The number of aliphatic hydroxyl groups excluding tert-OH is 1. The zero-order valence-electron chi connectivity index (χ0n) is 25.6. The number of likely N-dealkylation sites (tertiary alicyclic amines) is 1. The molecular formula is C34H40N6O5. The molecular weight excluding hydrogens is 572 g/mol. The van der Waals surface area contributed by atoms with Gasteiger partial charge in [0.15, 0.2) is 0 Å². The molecule has 4 heterocycles. The molecule has 3 aromatic rings. The number of rotatable bonds is 13. The average molecular weight is 613 g/mol. The summed E-state index contributed by atoms with van der Waals surface area (Å²) in [5.41, 5.74) is 0.0867. The fourth-order valence-corrected chi connectivity index (χ4v) is 7.67. The maximum Gasteiger partial charge on any atom is 0.250 e. The van der Waals surface area contributed by atoms with Gasteiger partial charge in [0, 0.05) is 31.9 Å². The van der Waals surface area contributed by atoms with Crippen molar-refractivity contribution in [3.63, 3.8) is 0 Å².